The summed E-state index contributed by atoms with van der Waals surface area (Å²) >= 11 is 0. The van der Waals surface area contributed by atoms with Crippen LogP contribution in [0.5, 0.6) is 5.75 Å². The number of aryl methyl sites for hydroxylation is 1. The number of benzene rings is 2. The lowest BCUT2D eigenvalue weighted by Crippen LogP contribution is -1.92. The lowest BCUT2D eigenvalue weighted by atomic mass is 10.0. The molecule has 3 aromatic rings. The molecule has 0 atom stereocenters. The van der Waals surface area contributed by atoms with Gasteiger partial charge in [0.1, 0.15) is 11.6 Å². The zero-order valence-electron chi connectivity index (χ0n) is 11.7. The number of fused-ring (bicyclic) bond motifs is 1. The van der Waals surface area contributed by atoms with Crippen molar-refractivity contribution in [2.24, 2.45) is 0 Å². The first kappa shape index (κ1) is 13.4. The van der Waals surface area contributed by atoms with E-state index < -0.39 is 0 Å². The lowest BCUT2D eigenvalue weighted by molar-refractivity contribution is 0.112. The summed E-state index contributed by atoms with van der Waals surface area (Å²) in [6.07, 6.45) is 0.790. The number of aldehydes is 1. The highest BCUT2D eigenvalue weighted by molar-refractivity contribution is 6.05. The van der Waals surface area contributed by atoms with Crippen LogP contribution in [0.1, 0.15) is 15.9 Å². The molecule has 0 unspecified atom stereocenters. The van der Waals surface area contributed by atoms with E-state index in [1.54, 1.807) is 6.07 Å². The van der Waals surface area contributed by atoms with Crippen molar-refractivity contribution in [2.45, 2.75) is 6.92 Å². The number of methoxy groups -OCH3 is 1. The molecular formula is C17H14FNO2. The van der Waals surface area contributed by atoms with Gasteiger partial charge >= 0.3 is 0 Å². The van der Waals surface area contributed by atoms with Crippen LogP contribution in [0.4, 0.5) is 4.39 Å². The van der Waals surface area contributed by atoms with Crippen LogP contribution in [0.25, 0.3) is 22.2 Å². The smallest absolute Gasteiger partial charge is 0.152 e. The Labute approximate surface area is 121 Å². The van der Waals surface area contributed by atoms with E-state index in [1.807, 2.05) is 25.1 Å². The van der Waals surface area contributed by atoms with Crippen molar-refractivity contribution < 1.29 is 13.9 Å². The third-order valence-electron chi connectivity index (χ3n) is 3.54. The van der Waals surface area contributed by atoms with Gasteiger partial charge in [-0.1, -0.05) is 11.6 Å². The monoisotopic (exact) mass is 283 g/mol. The fourth-order valence-corrected chi connectivity index (χ4v) is 2.54. The number of hydrogen-bond donors (Lipinski definition) is 1. The van der Waals surface area contributed by atoms with Crippen LogP contribution < -0.4 is 4.74 Å². The molecule has 1 N–H and O–H groups in total. The third-order valence-corrected chi connectivity index (χ3v) is 3.54. The van der Waals surface area contributed by atoms with Gasteiger partial charge in [-0.2, -0.15) is 0 Å². The van der Waals surface area contributed by atoms with Crippen LogP contribution >= 0.6 is 0 Å². The maximum absolute atomic E-state index is 13.6. The van der Waals surface area contributed by atoms with Crippen molar-refractivity contribution in [1.82, 2.24) is 4.98 Å². The number of nitrogens with one attached hydrogen (secondary N) is 1. The molecule has 1 heterocycles. The van der Waals surface area contributed by atoms with E-state index in [4.69, 9.17) is 4.74 Å². The highest BCUT2D eigenvalue weighted by atomic mass is 19.1. The van der Waals surface area contributed by atoms with Crippen LogP contribution in [-0.4, -0.2) is 18.4 Å². The molecule has 106 valence electrons. The quantitative estimate of drug-likeness (QED) is 0.735. The summed E-state index contributed by atoms with van der Waals surface area (Å²) in [5.41, 5.74) is 3.51. The van der Waals surface area contributed by atoms with Crippen molar-refractivity contribution >= 4 is 17.2 Å². The summed E-state index contributed by atoms with van der Waals surface area (Å²) < 4.78 is 18.8. The number of hydrogen-bond acceptors (Lipinski definition) is 2. The normalized spacial score (nSPS) is 10.8. The van der Waals surface area contributed by atoms with Crippen LogP contribution in [0.15, 0.2) is 36.4 Å². The summed E-state index contributed by atoms with van der Waals surface area (Å²) in [5.74, 6) is 0.139. The predicted molar refractivity (Wildman–Crippen MR) is 80.4 cm³/mol. The second kappa shape index (κ2) is 5.05. The molecule has 21 heavy (non-hydrogen) atoms. The molecule has 0 aliphatic heterocycles. The Hall–Kier alpha value is -2.62. The molecule has 0 saturated heterocycles. The lowest BCUT2D eigenvalue weighted by Gasteiger charge is -2.07. The topological polar surface area (TPSA) is 42.1 Å². The second-order valence-corrected chi connectivity index (χ2v) is 4.93. The fraction of sp³-hybridized carbons (Fsp3) is 0.118. The van der Waals surface area contributed by atoms with Gasteiger partial charge < -0.3 is 9.72 Å². The number of halogens is 1. The summed E-state index contributed by atoms with van der Waals surface area (Å²) in [5, 5.41) is 0.825. The molecule has 0 fully saturated rings. The number of carbonyl (C=O) groups is 1. The van der Waals surface area contributed by atoms with Gasteiger partial charge in [-0.05, 0) is 37.3 Å². The first-order valence-corrected chi connectivity index (χ1v) is 6.55. The highest BCUT2D eigenvalue weighted by Gasteiger charge is 2.16. The van der Waals surface area contributed by atoms with Gasteiger partial charge in [0, 0.05) is 22.0 Å². The summed E-state index contributed by atoms with van der Waals surface area (Å²) in [4.78, 5) is 14.7. The minimum absolute atomic E-state index is 0.377. The molecule has 0 radical (unpaired) electrons. The number of aromatic nitrogens is 1. The first-order valence-electron chi connectivity index (χ1n) is 6.55. The van der Waals surface area contributed by atoms with Crippen molar-refractivity contribution in [3.05, 3.63) is 53.3 Å². The van der Waals surface area contributed by atoms with Gasteiger partial charge in [-0.3, -0.25) is 4.79 Å². The zero-order valence-corrected chi connectivity index (χ0v) is 11.7. The van der Waals surface area contributed by atoms with E-state index in [2.05, 4.69) is 4.98 Å². The number of carbonyl (C=O) groups excluding carboxylic acids is 1. The molecule has 4 heteroatoms. The van der Waals surface area contributed by atoms with Crippen molar-refractivity contribution in [3.8, 4) is 17.0 Å². The fourth-order valence-electron chi connectivity index (χ4n) is 2.54. The van der Waals surface area contributed by atoms with Crippen molar-refractivity contribution in [3.63, 3.8) is 0 Å². The SMILES string of the molecule is COc1ccc(F)cc1-c1[nH]c2ccc(C)cc2c1C=O. The van der Waals surface area contributed by atoms with Gasteiger partial charge in [0.05, 0.1) is 12.8 Å². The Morgan fingerprint density at radius 2 is 2.00 bits per heavy atom. The maximum Gasteiger partial charge on any atom is 0.152 e. The standard InChI is InChI=1S/C17H14FNO2/c1-10-3-5-15-12(7-10)14(9-20)17(19-15)13-8-11(18)4-6-16(13)21-2/h3-9,19H,1-2H3. The van der Waals surface area contributed by atoms with E-state index >= 15 is 0 Å². The first-order chi connectivity index (χ1) is 10.1. The molecule has 0 spiro atoms. The maximum atomic E-state index is 13.6. The van der Waals surface area contributed by atoms with Gasteiger partial charge in [0.2, 0.25) is 0 Å². The van der Waals surface area contributed by atoms with Gasteiger partial charge in [0.15, 0.2) is 6.29 Å². The average Bonchev–Trinajstić information content (AvgIpc) is 2.84. The average molecular weight is 283 g/mol. The van der Waals surface area contributed by atoms with Gasteiger partial charge in [-0.15, -0.1) is 0 Å². The number of aromatic amines is 1. The minimum atomic E-state index is -0.377. The molecular weight excluding hydrogens is 269 g/mol. The van der Waals surface area contributed by atoms with Gasteiger partial charge in [0.25, 0.3) is 0 Å². The second-order valence-electron chi connectivity index (χ2n) is 4.93. The third kappa shape index (κ3) is 2.18. The molecule has 0 amide bonds. The number of H-pyrrole nitrogens is 1. The summed E-state index contributed by atoms with van der Waals surface area (Å²) in [6, 6.07) is 10.0. The van der Waals surface area contributed by atoms with Crippen molar-refractivity contribution in [1.29, 1.82) is 0 Å². The van der Waals surface area contributed by atoms with E-state index in [1.165, 1.54) is 19.2 Å². The highest BCUT2D eigenvalue weighted by Crippen LogP contribution is 2.35. The summed E-state index contributed by atoms with van der Waals surface area (Å²) in [6.45, 7) is 1.96. The van der Waals surface area contributed by atoms with Crippen LogP contribution in [0, 0.1) is 12.7 Å². The Morgan fingerprint density at radius 1 is 1.19 bits per heavy atom. The molecule has 2 aromatic carbocycles. The molecule has 3 nitrogen and oxygen atoms in total. The minimum Gasteiger partial charge on any atom is -0.496 e. The molecule has 1 aromatic heterocycles. The zero-order chi connectivity index (χ0) is 15.0. The Bertz CT molecular complexity index is 836. The predicted octanol–water partition coefficient (Wildman–Crippen LogP) is 4.10. The Balaban J connectivity index is 2.35. The molecule has 0 aliphatic rings. The van der Waals surface area contributed by atoms with Crippen LogP contribution in [-0.2, 0) is 0 Å². The number of rotatable bonds is 3. The summed E-state index contributed by atoms with van der Waals surface area (Å²) in [7, 11) is 1.52. The Kier molecular flexibility index (Phi) is 3.22. The molecule has 0 aliphatic carbocycles. The van der Waals surface area contributed by atoms with E-state index in [0.29, 0.717) is 22.6 Å². The van der Waals surface area contributed by atoms with Gasteiger partial charge in [-0.25, -0.2) is 4.39 Å². The van der Waals surface area contributed by atoms with E-state index in [-0.39, 0.29) is 5.82 Å². The van der Waals surface area contributed by atoms with E-state index in [9.17, 15) is 9.18 Å². The van der Waals surface area contributed by atoms with Crippen molar-refractivity contribution in [2.75, 3.05) is 7.11 Å². The Morgan fingerprint density at radius 3 is 2.71 bits per heavy atom. The number of ether oxygens (including phenoxy) is 1. The van der Waals surface area contributed by atoms with E-state index in [0.717, 1.165) is 22.8 Å². The molecule has 0 saturated carbocycles. The molecule has 0 bridgehead atoms. The molecule has 3 rings (SSSR count). The van der Waals surface area contributed by atoms with Crippen LogP contribution in [0.2, 0.25) is 0 Å². The van der Waals surface area contributed by atoms with Crippen LogP contribution in [0.3, 0.4) is 0 Å². The largest absolute Gasteiger partial charge is 0.496 e.